The lowest BCUT2D eigenvalue weighted by atomic mass is 10.3. The highest BCUT2D eigenvalue weighted by Crippen LogP contribution is 2.02. The van der Waals surface area contributed by atoms with Crippen LogP contribution in [0.15, 0.2) is 58.5 Å². The fraction of sp³-hybridized carbons (Fsp3) is 0.0714. The molecule has 5 nitrogen and oxygen atoms in total. The summed E-state index contributed by atoms with van der Waals surface area (Å²) in [6, 6.07) is 6.88. The summed E-state index contributed by atoms with van der Waals surface area (Å²) in [7, 11) is 0. The molecule has 2 rings (SSSR count). The minimum Gasteiger partial charge on any atom is -0.465 e. The second-order valence-electron chi connectivity index (χ2n) is 3.78. The van der Waals surface area contributed by atoms with Crippen LogP contribution in [0.4, 0.5) is 0 Å². The number of hydrogen-bond acceptors (Lipinski definition) is 4. The van der Waals surface area contributed by atoms with Crippen molar-refractivity contribution >= 4 is 17.7 Å². The number of aromatic nitrogens is 1. The normalized spacial score (nSPS) is 11.7. The maximum atomic E-state index is 11.7. The predicted octanol–water partition coefficient (Wildman–Crippen LogP) is 2.49. The molecule has 2 aromatic rings. The lowest BCUT2D eigenvalue weighted by molar-refractivity contribution is 0.0954. The van der Waals surface area contributed by atoms with Crippen molar-refractivity contribution in [2.24, 2.45) is 5.10 Å². The minimum atomic E-state index is -0.270. The van der Waals surface area contributed by atoms with Crippen LogP contribution in [0.2, 0.25) is 0 Å². The Hall–Kier alpha value is -2.69. The van der Waals surface area contributed by atoms with Crippen LogP contribution in [0, 0.1) is 0 Å². The standard InChI is InChI=1S/C14H13N3O2/c1-11(4-5-13-3-2-10-19-13)16-17-14(18)12-6-8-15-9-7-12/h2-10H,1H3,(H,17,18)/b5-4+,16-11-. The summed E-state index contributed by atoms with van der Waals surface area (Å²) < 4.78 is 5.14. The topological polar surface area (TPSA) is 67.5 Å². The number of nitrogens with zero attached hydrogens (tertiary/aromatic N) is 2. The third kappa shape index (κ3) is 3.92. The Morgan fingerprint density at radius 1 is 1.37 bits per heavy atom. The Bertz CT molecular complexity index is 586. The van der Waals surface area contributed by atoms with Gasteiger partial charge in [-0.25, -0.2) is 5.43 Å². The highest BCUT2D eigenvalue weighted by molar-refractivity contribution is 5.98. The van der Waals surface area contributed by atoms with Crippen molar-refractivity contribution < 1.29 is 9.21 Å². The fourth-order valence-electron chi connectivity index (χ4n) is 1.33. The molecule has 0 aliphatic heterocycles. The molecule has 0 aliphatic carbocycles. The van der Waals surface area contributed by atoms with Gasteiger partial charge in [-0.3, -0.25) is 9.78 Å². The monoisotopic (exact) mass is 255 g/mol. The molecular weight excluding hydrogens is 242 g/mol. The quantitative estimate of drug-likeness (QED) is 0.674. The molecule has 0 radical (unpaired) electrons. The number of carbonyl (C=O) groups excluding carboxylic acids is 1. The van der Waals surface area contributed by atoms with E-state index in [0.717, 1.165) is 5.76 Å². The highest BCUT2D eigenvalue weighted by Gasteiger charge is 2.02. The van der Waals surface area contributed by atoms with Gasteiger partial charge in [0.2, 0.25) is 0 Å². The molecular formula is C14H13N3O2. The van der Waals surface area contributed by atoms with Gasteiger partial charge in [-0.15, -0.1) is 0 Å². The predicted molar refractivity (Wildman–Crippen MR) is 72.6 cm³/mol. The van der Waals surface area contributed by atoms with Crippen LogP contribution in [0.3, 0.4) is 0 Å². The smallest absolute Gasteiger partial charge is 0.271 e. The minimum absolute atomic E-state index is 0.270. The third-order valence-corrected chi connectivity index (χ3v) is 2.31. The van der Waals surface area contributed by atoms with Crippen LogP contribution >= 0.6 is 0 Å². The van der Waals surface area contributed by atoms with E-state index in [0.29, 0.717) is 11.3 Å². The van der Waals surface area contributed by atoms with E-state index in [9.17, 15) is 4.79 Å². The van der Waals surface area contributed by atoms with Crippen molar-refractivity contribution in [2.75, 3.05) is 0 Å². The van der Waals surface area contributed by atoms with Crippen molar-refractivity contribution in [2.45, 2.75) is 6.92 Å². The summed E-state index contributed by atoms with van der Waals surface area (Å²) in [6.07, 6.45) is 8.24. The summed E-state index contributed by atoms with van der Waals surface area (Å²) in [5.41, 5.74) is 3.65. The van der Waals surface area contributed by atoms with E-state index in [1.54, 1.807) is 55.9 Å². The van der Waals surface area contributed by atoms with Gasteiger partial charge in [0.15, 0.2) is 0 Å². The van der Waals surface area contributed by atoms with Gasteiger partial charge in [0.1, 0.15) is 5.76 Å². The fourth-order valence-corrected chi connectivity index (χ4v) is 1.33. The number of carbonyl (C=O) groups is 1. The first-order chi connectivity index (χ1) is 9.25. The van der Waals surface area contributed by atoms with E-state index in [1.807, 2.05) is 6.07 Å². The molecule has 0 spiro atoms. The first kappa shape index (κ1) is 12.8. The largest absolute Gasteiger partial charge is 0.465 e. The average molecular weight is 255 g/mol. The van der Waals surface area contributed by atoms with Gasteiger partial charge in [-0.2, -0.15) is 5.10 Å². The third-order valence-electron chi connectivity index (χ3n) is 2.31. The Labute approximate surface area is 110 Å². The summed E-state index contributed by atoms with van der Waals surface area (Å²) in [4.78, 5) is 15.5. The van der Waals surface area contributed by atoms with Gasteiger partial charge < -0.3 is 4.42 Å². The van der Waals surface area contributed by atoms with E-state index < -0.39 is 0 Å². The van der Waals surface area contributed by atoms with Gasteiger partial charge in [-0.1, -0.05) is 0 Å². The number of hydrogen-bond donors (Lipinski definition) is 1. The molecule has 2 heterocycles. The molecule has 0 atom stereocenters. The maximum absolute atomic E-state index is 11.7. The molecule has 0 bridgehead atoms. The zero-order valence-corrected chi connectivity index (χ0v) is 10.4. The van der Waals surface area contributed by atoms with Crippen molar-refractivity contribution in [3.05, 3.63) is 60.3 Å². The second kappa shape index (κ2) is 6.30. The van der Waals surface area contributed by atoms with E-state index in [-0.39, 0.29) is 5.91 Å². The van der Waals surface area contributed by atoms with Crippen LogP contribution in [0.5, 0.6) is 0 Å². The molecule has 5 heteroatoms. The van der Waals surface area contributed by atoms with E-state index in [1.165, 1.54) is 0 Å². The molecule has 1 N–H and O–H groups in total. The lowest BCUT2D eigenvalue weighted by Gasteiger charge is -1.99. The van der Waals surface area contributed by atoms with E-state index >= 15 is 0 Å². The van der Waals surface area contributed by atoms with Gasteiger partial charge >= 0.3 is 0 Å². The van der Waals surface area contributed by atoms with Gasteiger partial charge in [0.25, 0.3) is 5.91 Å². The zero-order chi connectivity index (χ0) is 13.5. The summed E-state index contributed by atoms with van der Waals surface area (Å²) in [5.74, 6) is 0.461. The molecule has 0 aromatic carbocycles. The Balaban J connectivity index is 1.93. The van der Waals surface area contributed by atoms with Crippen LogP contribution < -0.4 is 5.43 Å². The van der Waals surface area contributed by atoms with Crippen LogP contribution in [-0.4, -0.2) is 16.6 Å². The van der Waals surface area contributed by atoms with Crippen LogP contribution in [0.25, 0.3) is 6.08 Å². The molecule has 0 aliphatic rings. The molecule has 2 aromatic heterocycles. The second-order valence-corrected chi connectivity index (χ2v) is 3.78. The van der Waals surface area contributed by atoms with E-state index in [2.05, 4.69) is 15.5 Å². The number of amides is 1. The molecule has 96 valence electrons. The van der Waals surface area contributed by atoms with Crippen LogP contribution in [0.1, 0.15) is 23.0 Å². The van der Waals surface area contributed by atoms with Crippen molar-refractivity contribution in [3.8, 4) is 0 Å². The average Bonchev–Trinajstić information content (AvgIpc) is 2.96. The van der Waals surface area contributed by atoms with Crippen LogP contribution in [-0.2, 0) is 0 Å². The number of hydrazone groups is 1. The maximum Gasteiger partial charge on any atom is 0.271 e. The SMILES string of the molecule is CC(/C=C/c1ccco1)=N/NC(=O)c1ccncc1. The molecule has 1 amide bonds. The summed E-state index contributed by atoms with van der Waals surface area (Å²) in [5, 5.41) is 3.97. The van der Waals surface area contributed by atoms with Gasteiger partial charge in [0, 0.05) is 18.0 Å². The molecule has 0 saturated carbocycles. The molecule has 0 fully saturated rings. The first-order valence-corrected chi connectivity index (χ1v) is 5.72. The summed E-state index contributed by atoms with van der Waals surface area (Å²) in [6.45, 7) is 1.78. The van der Waals surface area contributed by atoms with Gasteiger partial charge in [-0.05, 0) is 43.3 Å². The Morgan fingerprint density at radius 3 is 2.84 bits per heavy atom. The van der Waals surface area contributed by atoms with E-state index in [4.69, 9.17) is 4.42 Å². The zero-order valence-electron chi connectivity index (χ0n) is 10.4. The lowest BCUT2D eigenvalue weighted by Crippen LogP contribution is -2.18. The Kier molecular flexibility index (Phi) is 4.23. The molecule has 0 unspecified atom stereocenters. The summed E-state index contributed by atoms with van der Waals surface area (Å²) >= 11 is 0. The number of nitrogens with one attached hydrogen (secondary N) is 1. The number of furan rings is 1. The Morgan fingerprint density at radius 2 is 2.16 bits per heavy atom. The number of pyridine rings is 1. The molecule has 19 heavy (non-hydrogen) atoms. The first-order valence-electron chi connectivity index (χ1n) is 5.72. The van der Waals surface area contributed by atoms with Crippen molar-refractivity contribution in [1.82, 2.24) is 10.4 Å². The van der Waals surface area contributed by atoms with Crippen molar-refractivity contribution in [1.29, 1.82) is 0 Å². The van der Waals surface area contributed by atoms with Gasteiger partial charge in [0.05, 0.1) is 12.0 Å². The highest BCUT2D eigenvalue weighted by atomic mass is 16.3. The number of rotatable bonds is 4. The number of allylic oxidation sites excluding steroid dienone is 1. The molecule has 0 saturated heterocycles. The van der Waals surface area contributed by atoms with Crippen molar-refractivity contribution in [3.63, 3.8) is 0 Å².